The fraction of sp³-hybridized carbons (Fsp3) is 0.154. The lowest BCUT2D eigenvalue weighted by atomic mass is 10.1. The van der Waals surface area contributed by atoms with Gasteiger partial charge in [0.2, 0.25) is 0 Å². The van der Waals surface area contributed by atoms with Crippen LogP contribution in [0.5, 0.6) is 0 Å². The summed E-state index contributed by atoms with van der Waals surface area (Å²) in [5.74, 6) is 1.09. The predicted octanol–water partition coefficient (Wildman–Crippen LogP) is 3.21. The molecule has 4 nitrogen and oxygen atoms in total. The highest BCUT2D eigenvalue weighted by Gasteiger charge is 2.29. The molecule has 0 aliphatic carbocycles. The maximum Gasteiger partial charge on any atom is 0.257 e. The minimum absolute atomic E-state index is 0.417. The molecule has 0 saturated carbocycles. The minimum Gasteiger partial charge on any atom is -0.468 e. The lowest BCUT2D eigenvalue weighted by Gasteiger charge is -2.07. The van der Waals surface area contributed by atoms with Gasteiger partial charge in [-0.05, 0) is 24.3 Å². The molecular formula is C13H10ClNO3S. The van der Waals surface area contributed by atoms with Gasteiger partial charge in [-0.25, -0.2) is 0 Å². The summed E-state index contributed by atoms with van der Waals surface area (Å²) >= 11 is 7.67. The molecule has 2 heterocycles. The molecule has 98 valence electrons. The van der Waals surface area contributed by atoms with Gasteiger partial charge in [-0.2, -0.15) is 0 Å². The molecule has 1 aliphatic rings. The Morgan fingerprint density at radius 3 is 3.05 bits per heavy atom. The van der Waals surface area contributed by atoms with E-state index in [9.17, 15) is 9.90 Å². The van der Waals surface area contributed by atoms with Gasteiger partial charge in [0.15, 0.2) is 6.10 Å². The first kappa shape index (κ1) is 12.6. The van der Waals surface area contributed by atoms with Crippen LogP contribution < -0.4 is 5.32 Å². The Hall–Kier alpha value is -1.43. The number of nitrogens with one attached hydrogen (secondary N) is 1. The summed E-state index contributed by atoms with van der Waals surface area (Å²) in [4.78, 5) is 12.2. The molecule has 0 saturated heterocycles. The number of aliphatic hydroxyl groups is 1. The van der Waals surface area contributed by atoms with Gasteiger partial charge < -0.3 is 14.8 Å². The smallest absolute Gasteiger partial charge is 0.257 e. The van der Waals surface area contributed by atoms with Crippen molar-refractivity contribution in [1.29, 1.82) is 0 Å². The molecule has 6 heteroatoms. The lowest BCUT2D eigenvalue weighted by molar-refractivity contribution is -0.123. The average Bonchev–Trinajstić information content (AvgIpc) is 2.98. The second-order valence-electron chi connectivity index (χ2n) is 4.13. The van der Waals surface area contributed by atoms with E-state index in [2.05, 4.69) is 5.32 Å². The highest BCUT2D eigenvalue weighted by Crippen LogP contribution is 2.39. The number of aliphatic hydroxyl groups excluding tert-OH is 1. The Bertz CT molecular complexity index is 627. The Kier molecular flexibility index (Phi) is 3.26. The van der Waals surface area contributed by atoms with Gasteiger partial charge in [-0.1, -0.05) is 11.6 Å². The summed E-state index contributed by atoms with van der Waals surface area (Å²) in [6.07, 6.45) is 0.494. The Morgan fingerprint density at radius 1 is 1.47 bits per heavy atom. The SMILES string of the molecule is O=C1Nc2cc(SCc3ccco3)c(Cl)cc2C1O. The van der Waals surface area contributed by atoms with Gasteiger partial charge in [0.1, 0.15) is 5.76 Å². The summed E-state index contributed by atoms with van der Waals surface area (Å²) < 4.78 is 5.25. The zero-order valence-corrected chi connectivity index (χ0v) is 11.3. The van der Waals surface area contributed by atoms with Crippen molar-refractivity contribution in [2.75, 3.05) is 5.32 Å². The molecule has 0 spiro atoms. The standard InChI is InChI=1S/C13H10ClNO3S/c14-9-4-8-10(15-13(17)12(8)16)5-11(9)19-6-7-2-1-3-18-7/h1-5,12,16H,6H2,(H,15,17). The maximum atomic E-state index is 11.4. The third kappa shape index (κ3) is 2.36. The van der Waals surface area contributed by atoms with Crippen molar-refractivity contribution in [3.63, 3.8) is 0 Å². The van der Waals surface area contributed by atoms with E-state index in [0.29, 0.717) is 22.0 Å². The van der Waals surface area contributed by atoms with Crippen molar-refractivity contribution in [1.82, 2.24) is 0 Å². The number of rotatable bonds is 3. The van der Waals surface area contributed by atoms with Crippen LogP contribution in [-0.4, -0.2) is 11.0 Å². The molecule has 2 N–H and O–H groups in total. The Labute approximate surface area is 118 Å². The van der Waals surface area contributed by atoms with Crippen LogP contribution >= 0.6 is 23.4 Å². The van der Waals surface area contributed by atoms with Gasteiger partial charge in [0.05, 0.1) is 17.0 Å². The van der Waals surface area contributed by atoms with Gasteiger partial charge >= 0.3 is 0 Å². The number of hydrogen-bond acceptors (Lipinski definition) is 4. The second-order valence-corrected chi connectivity index (χ2v) is 5.55. The van der Waals surface area contributed by atoms with E-state index in [1.54, 1.807) is 18.4 Å². The molecule has 1 aromatic heterocycles. The third-order valence-electron chi connectivity index (χ3n) is 2.85. The normalized spacial score (nSPS) is 17.4. The summed E-state index contributed by atoms with van der Waals surface area (Å²) in [7, 11) is 0. The van der Waals surface area contributed by atoms with E-state index in [1.165, 1.54) is 11.8 Å². The molecule has 1 aromatic carbocycles. The zero-order chi connectivity index (χ0) is 13.4. The van der Waals surface area contributed by atoms with Crippen molar-refractivity contribution in [3.05, 3.63) is 46.9 Å². The number of thioether (sulfide) groups is 1. The molecule has 0 bridgehead atoms. The molecule has 0 fully saturated rings. The zero-order valence-electron chi connectivity index (χ0n) is 9.72. The first-order valence-corrected chi connectivity index (χ1v) is 6.99. The molecule has 3 rings (SSSR count). The van der Waals surface area contributed by atoms with Crippen LogP contribution in [0, 0.1) is 0 Å². The van der Waals surface area contributed by atoms with Gasteiger partial charge in [-0.3, -0.25) is 4.79 Å². The highest BCUT2D eigenvalue weighted by atomic mass is 35.5. The number of fused-ring (bicyclic) bond motifs is 1. The van der Waals surface area contributed by atoms with E-state index in [1.807, 2.05) is 12.1 Å². The number of halogens is 1. The number of carbonyl (C=O) groups excluding carboxylic acids is 1. The van der Waals surface area contributed by atoms with Crippen LogP contribution in [0.3, 0.4) is 0 Å². The predicted molar refractivity (Wildman–Crippen MR) is 73.3 cm³/mol. The largest absolute Gasteiger partial charge is 0.468 e. The average molecular weight is 296 g/mol. The molecule has 1 aliphatic heterocycles. The summed E-state index contributed by atoms with van der Waals surface area (Å²) in [5, 5.41) is 12.8. The highest BCUT2D eigenvalue weighted by molar-refractivity contribution is 7.98. The quantitative estimate of drug-likeness (QED) is 0.854. The van der Waals surface area contributed by atoms with Crippen LogP contribution in [0.15, 0.2) is 39.8 Å². The van der Waals surface area contributed by atoms with E-state index in [4.69, 9.17) is 16.0 Å². The number of anilines is 1. The molecule has 1 atom stereocenters. The number of furan rings is 1. The van der Waals surface area contributed by atoms with E-state index < -0.39 is 12.0 Å². The number of benzene rings is 1. The Morgan fingerprint density at radius 2 is 2.32 bits per heavy atom. The van der Waals surface area contributed by atoms with Crippen LogP contribution in [0.1, 0.15) is 17.4 Å². The summed E-state index contributed by atoms with van der Waals surface area (Å²) in [5.41, 5.74) is 1.14. The van der Waals surface area contributed by atoms with Crippen LogP contribution in [0.2, 0.25) is 5.02 Å². The summed E-state index contributed by atoms with van der Waals surface area (Å²) in [6.45, 7) is 0. The van der Waals surface area contributed by atoms with Crippen LogP contribution in [-0.2, 0) is 10.5 Å². The maximum absolute atomic E-state index is 11.4. The van der Waals surface area contributed by atoms with E-state index in [0.717, 1.165) is 10.7 Å². The van der Waals surface area contributed by atoms with Gasteiger partial charge in [-0.15, -0.1) is 11.8 Å². The molecule has 0 radical (unpaired) electrons. The van der Waals surface area contributed by atoms with Crippen molar-refractivity contribution >= 4 is 35.0 Å². The number of carbonyl (C=O) groups is 1. The first-order chi connectivity index (χ1) is 9.15. The van der Waals surface area contributed by atoms with Gasteiger partial charge in [0, 0.05) is 16.1 Å². The van der Waals surface area contributed by atoms with Crippen LogP contribution in [0.25, 0.3) is 0 Å². The monoisotopic (exact) mass is 295 g/mol. The third-order valence-corrected chi connectivity index (χ3v) is 4.36. The molecule has 19 heavy (non-hydrogen) atoms. The van der Waals surface area contributed by atoms with Crippen molar-refractivity contribution in [2.24, 2.45) is 0 Å². The van der Waals surface area contributed by atoms with Crippen molar-refractivity contribution < 1.29 is 14.3 Å². The molecule has 2 aromatic rings. The fourth-order valence-electron chi connectivity index (χ4n) is 1.90. The number of amides is 1. The second kappa shape index (κ2) is 4.92. The summed E-state index contributed by atoms with van der Waals surface area (Å²) in [6, 6.07) is 7.12. The first-order valence-electron chi connectivity index (χ1n) is 5.62. The lowest BCUT2D eigenvalue weighted by Crippen LogP contribution is -2.10. The van der Waals surface area contributed by atoms with E-state index >= 15 is 0 Å². The van der Waals surface area contributed by atoms with Crippen LogP contribution in [0.4, 0.5) is 5.69 Å². The topological polar surface area (TPSA) is 62.5 Å². The van der Waals surface area contributed by atoms with E-state index in [-0.39, 0.29) is 0 Å². The van der Waals surface area contributed by atoms with Crippen molar-refractivity contribution in [3.8, 4) is 0 Å². The fourth-order valence-corrected chi connectivity index (χ4v) is 3.10. The Balaban J connectivity index is 1.84. The molecular weight excluding hydrogens is 286 g/mol. The van der Waals surface area contributed by atoms with Crippen molar-refractivity contribution in [2.45, 2.75) is 16.8 Å². The molecule has 1 unspecified atom stereocenters. The molecule has 1 amide bonds. The minimum atomic E-state index is -1.13. The van der Waals surface area contributed by atoms with Gasteiger partial charge in [0.25, 0.3) is 5.91 Å². The number of hydrogen-bond donors (Lipinski definition) is 2.